The van der Waals surface area contributed by atoms with Crippen molar-refractivity contribution in [2.24, 2.45) is 0 Å². The number of sulfone groups is 1. The summed E-state index contributed by atoms with van der Waals surface area (Å²) in [4.78, 5) is 0. The van der Waals surface area contributed by atoms with E-state index in [-0.39, 0.29) is 5.75 Å². The van der Waals surface area contributed by atoms with Crippen LogP contribution in [0.15, 0.2) is 0 Å². The van der Waals surface area contributed by atoms with Crippen LogP contribution in [0.4, 0.5) is 0 Å². The van der Waals surface area contributed by atoms with Crippen molar-refractivity contribution in [2.45, 2.75) is 50.7 Å². The Balaban J connectivity index is 1.97. The maximum atomic E-state index is 10.9. The van der Waals surface area contributed by atoms with Crippen LogP contribution in [0.25, 0.3) is 0 Å². The van der Waals surface area contributed by atoms with E-state index in [0.717, 1.165) is 12.8 Å². The topological polar surface area (TPSA) is 75.6 Å². The van der Waals surface area contributed by atoms with Crippen LogP contribution >= 0.6 is 0 Å². The van der Waals surface area contributed by atoms with Gasteiger partial charge in [0, 0.05) is 12.8 Å². The quantitative estimate of drug-likeness (QED) is 0.613. The van der Waals surface area contributed by atoms with E-state index in [0.29, 0.717) is 32.2 Å². The Morgan fingerprint density at radius 3 is 2.63 bits per heavy atom. The Hall–Kier alpha value is -0.170. The molecule has 1 aliphatic rings. The van der Waals surface area contributed by atoms with Gasteiger partial charge in [0.25, 0.3) is 0 Å². The van der Waals surface area contributed by atoms with Gasteiger partial charge >= 0.3 is 0 Å². The highest BCUT2D eigenvalue weighted by Gasteiger charge is 2.15. The summed E-state index contributed by atoms with van der Waals surface area (Å²) in [5.74, 6) is 0.189. The Morgan fingerprint density at radius 2 is 2.00 bits per heavy atom. The van der Waals surface area contributed by atoms with Crippen molar-refractivity contribution in [3.05, 3.63) is 0 Å². The number of ether oxygens (including phenoxy) is 1. The van der Waals surface area contributed by atoms with Crippen molar-refractivity contribution < 1.29 is 18.3 Å². The highest BCUT2D eigenvalue weighted by Crippen LogP contribution is 2.20. The van der Waals surface area contributed by atoms with Gasteiger partial charge in [0.15, 0.2) is 0 Å². The molecule has 0 aromatic heterocycles. The Labute approximate surface area is 116 Å². The zero-order valence-corrected chi connectivity index (χ0v) is 12.6. The molecule has 5 nitrogen and oxygen atoms in total. The minimum absolute atomic E-state index is 0.189. The van der Waals surface area contributed by atoms with Crippen molar-refractivity contribution >= 4 is 9.84 Å². The number of nitrogens with one attached hydrogen (secondary N) is 1. The van der Waals surface area contributed by atoms with Crippen molar-refractivity contribution in [2.75, 3.05) is 31.7 Å². The van der Waals surface area contributed by atoms with E-state index in [1.807, 2.05) is 0 Å². The maximum absolute atomic E-state index is 10.9. The lowest BCUT2D eigenvalue weighted by atomic mass is 9.98. The molecule has 19 heavy (non-hydrogen) atoms. The Bertz CT molecular complexity index is 326. The minimum atomic E-state index is -2.88. The van der Waals surface area contributed by atoms with Gasteiger partial charge in [-0.25, -0.2) is 8.42 Å². The first-order valence-electron chi connectivity index (χ1n) is 7.15. The summed E-state index contributed by atoms with van der Waals surface area (Å²) >= 11 is 0. The molecule has 0 aromatic carbocycles. The molecule has 0 bridgehead atoms. The van der Waals surface area contributed by atoms with Gasteiger partial charge in [0.1, 0.15) is 9.84 Å². The molecule has 0 aromatic rings. The second-order valence-electron chi connectivity index (χ2n) is 5.43. The third-order valence-electron chi connectivity index (χ3n) is 3.33. The molecule has 1 atom stereocenters. The molecule has 6 heteroatoms. The molecule has 1 unspecified atom stereocenters. The average molecular weight is 293 g/mol. The SMILES string of the molecule is CS(=O)(=O)CCCNCC(O)COC1CCCCC1. The fourth-order valence-corrected chi connectivity index (χ4v) is 2.93. The average Bonchev–Trinajstić information content (AvgIpc) is 2.36. The van der Waals surface area contributed by atoms with E-state index in [9.17, 15) is 13.5 Å². The summed E-state index contributed by atoms with van der Waals surface area (Å²) in [5, 5.41) is 12.8. The van der Waals surface area contributed by atoms with E-state index in [1.165, 1.54) is 25.5 Å². The molecular weight excluding hydrogens is 266 g/mol. The summed E-state index contributed by atoms with van der Waals surface area (Å²) in [5.41, 5.74) is 0. The van der Waals surface area contributed by atoms with Gasteiger partial charge in [0.2, 0.25) is 0 Å². The first-order chi connectivity index (χ1) is 8.97. The molecule has 0 spiro atoms. The fraction of sp³-hybridized carbons (Fsp3) is 1.00. The van der Waals surface area contributed by atoms with Gasteiger partial charge in [-0.05, 0) is 25.8 Å². The fourth-order valence-electron chi connectivity index (χ4n) is 2.27. The predicted molar refractivity (Wildman–Crippen MR) is 76.0 cm³/mol. The summed E-state index contributed by atoms with van der Waals surface area (Å²) in [6.07, 6.45) is 7.57. The van der Waals surface area contributed by atoms with Crippen LogP contribution in [0, 0.1) is 0 Å². The van der Waals surface area contributed by atoms with Crippen LogP contribution in [0.3, 0.4) is 0 Å². The first-order valence-corrected chi connectivity index (χ1v) is 9.21. The van der Waals surface area contributed by atoms with Crippen LogP contribution in [-0.4, -0.2) is 57.4 Å². The largest absolute Gasteiger partial charge is 0.389 e. The highest BCUT2D eigenvalue weighted by atomic mass is 32.2. The van der Waals surface area contributed by atoms with Crippen molar-refractivity contribution in [3.8, 4) is 0 Å². The zero-order chi connectivity index (χ0) is 14.1. The van der Waals surface area contributed by atoms with Crippen LogP contribution in [0.2, 0.25) is 0 Å². The van der Waals surface area contributed by atoms with Crippen molar-refractivity contribution in [1.82, 2.24) is 5.32 Å². The van der Waals surface area contributed by atoms with Crippen molar-refractivity contribution in [3.63, 3.8) is 0 Å². The third kappa shape index (κ3) is 9.38. The summed E-state index contributed by atoms with van der Waals surface area (Å²) in [7, 11) is -2.88. The monoisotopic (exact) mass is 293 g/mol. The first kappa shape index (κ1) is 16.9. The van der Waals surface area contributed by atoms with Crippen LogP contribution < -0.4 is 5.32 Å². The molecule has 2 N–H and O–H groups in total. The van der Waals surface area contributed by atoms with E-state index in [1.54, 1.807) is 0 Å². The van der Waals surface area contributed by atoms with Gasteiger partial charge in [-0.1, -0.05) is 19.3 Å². The predicted octanol–water partition coefficient (Wildman–Crippen LogP) is 0.721. The maximum Gasteiger partial charge on any atom is 0.147 e. The second kappa shape index (κ2) is 8.89. The standard InChI is InChI=1S/C13H27NO4S/c1-19(16,17)9-5-8-14-10-12(15)11-18-13-6-3-2-4-7-13/h12-15H,2-11H2,1H3. The number of hydrogen-bond donors (Lipinski definition) is 2. The van der Waals surface area contributed by atoms with Crippen LogP contribution in [0.5, 0.6) is 0 Å². The number of aliphatic hydroxyl groups excluding tert-OH is 1. The van der Waals surface area contributed by atoms with E-state index < -0.39 is 15.9 Å². The lowest BCUT2D eigenvalue weighted by molar-refractivity contribution is -0.0228. The summed E-state index contributed by atoms with van der Waals surface area (Å²) in [6, 6.07) is 0. The van der Waals surface area contributed by atoms with Crippen LogP contribution in [-0.2, 0) is 14.6 Å². The minimum Gasteiger partial charge on any atom is -0.389 e. The lowest BCUT2D eigenvalue weighted by Crippen LogP contribution is -2.33. The molecule has 114 valence electrons. The molecule has 0 radical (unpaired) electrons. The number of rotatable bonds is 9. The van der Waals surface area contributed by atoms with Gasteiger partial charge in [-0.3, -0.25) is 0 Å². The number of aliphatic hydroxyl groups is 1. The molecule has 0 amide bonds. The summed E-state index contributed by atoms with van der Waals surface area (Å²) < 4.78 is 27.5. The summed E-state index contributed by atoms with van der Waals surface area (Å²) in [6.45, 7) is 1.42. The zero-order valence-electron chi connectivity index (χ0n) is 11.8. The Morgan fingerprint density at radius 1 is 1.32 bits per heavy atom. The molecule has 0 heterocycles. The van der Waals surface area contributed by atoms with Gasteiger partial charge in [-0.2, -0.15) is 0 Å². The molecule has 1 saturated carbocycles. The molecule has 1 rings (SSSR count). The van der Waals surface area contributed by atoms with E-state index in [2.05, 4.69) is 5.32 Å². The smallest absolute Gasteiger partial charge is 0.147 e. The third-order valence-corrected chi connectivity index (χ3v) is 4.36. The van der Waals surface area contributed by atoms with Gasteiger partial charge in [0.05, 0.1) is 24.6 Å². The van der Waals surface area contributed by atoms with Crippen molar-refractivity contribution in [1.29, 1.82) is 0 Å². The molecular formula is C13H27NO4S. The number of hydrogen-bond acceptors (Lipinski definition) is 5. The van der Waals surface area contributed by atoms with Gasteiger partial charge < -0.3 is 15.2 Å². The lowest BCUT2D eigenvalue weighted by Gasteiger charge is -2.23. The highest BCUT2D eigenvalue weighted by molar-refractivity contribution is 7.90. The molecule has 0 saturated heterocycles. The van der Waals surface area contributed by atoms with Gasteiger partial charge in [-0.15, -0.1) is 0 Å². The normalized spacial score (nSPS) is 19.5. The second-order valence-corrected chi connectivity index (χ2v) is 7.69. The molecule has 1 aliphatic carbocycles. The molecule has 0 aliphatic heterocycles. The van der Waals surface area contributed by atoms with E-state index in [4.69, 9.17) is 4.74 Å². The van der Waals surface area contributed by atoms with Crippen LogP contribution in [0.1, 0.15) is 38.5 Å². The molecule has 1 fully saturated rings. The Kier molecular flexibility index (Phi) is 7.90. The van der Waals surface area contributed by atoms with E-state index >= 15 is 0 Å².